The Hall–Kier alpha value is -0.780. The fourth-order valence-corrected chi connectivity index (χ4v) is 2.26. The molecule has 3 nitrogen and oxygen atoms in total. The molecule has 1 saturated heterocycles. The number of hydrogen-bond donors (Lipinski definition) is 1. The number of halogens is 3. The second-order valence-corrected chi connectivity index (χ2v) is 4.45. The van der Waals surface area contributed by atoms with Crippen molar-refractivity contribution in [3.05, 3.63) is 0 Å². The quantitative estimate of drug-likeness (QED) is 0.644. The first kappa shape index (κ1) is 13.3. The lowest BCUT2D eigenvalue weighted by Gasteiger charge is -2.41. The molecule has 1 heterocycles. The minimum absolute atomic E-state index is 0.776. The molecular formula is C10H16F3NO2. The van der Waals surface area contributed by atoms with E-state index < -0.39 is 12.1 Å². The molecule has 0 atom stereocenters. The summed E-state index contributed by atoms with van der Waals surface area (Å²) in [6, 6.07) is 0. The van der Waals surface area contributed by atoms with E-state index in [1.54, 1.807) is 0 Å². The molecule has 0 aromatic carbocycles. The van der Waals surface area contributed by atoms with Crippen molar-refractivity contribution in [2.45, 2.75) is 50.2 Å². The Kier molecular flexibility index (Phi) is 4.18. The van der Waals surface area contributed by atoms with Crippen molar-refractivity contribution >= 4 is 5.97 Å². The van der Waals surface area contributed by atoms with E-state index >= 15 is 0 Å². The van der Waals surface area contributed by atoms with Gasteiger partial charge in [-0.3, -0.25) is 0 Å². The summed E-state index contributed by atoms with van der Waals surface area (Å²) in [6.45, 7) is 1.40. The van der Waals surface area contributed by atoms with Gasteiger partial charge < -0.3 is 15.2 Å². The van der Waals surface area contributed by atoms with Gasteiger partial charge in [0.15, 0.2) is 0 Å². The van der Waals surface area contributed by atoms with Crippen molar-refractivity contribution < 1.29 is 28.4 Å². The van der Waals surface area contributed by atoms with Crippen LogP contribution in [0.25, 0.3) is 0 Å². The Morgan fingerprint density at radius 2 is 1.56 bits per heavy atom. The number of aliphatic carboxylic acids is 1. The molecule has 1 aliphatic heterocycles. The molecule has 1 saturated carbocycles. The van der Waals surface area contributed by atoms with E-state index in [4.69, 9.17) is 9.90 Å². The Bertz CT molecular complexity index is 241. The number of carboxylic acid groups (broad SMARTS) is 1. The smallest absolute Gasteiger partial charge is 0.430 e. The number of carbonyl (C=O) groups excluding carboxylic acids is 1. The normalized spacial score (nSPS) is 22.9. The highest BCUT2D eigenvalue weighted by atomic mass is 19.4. The first-order valence-electron chi connectivity index (χ1n) is 5.48. The van der Waals surface area contributed by atoms with Crippen LogP contribution in [0.5, 0.6) is 0 Å². The first-order valence-corrected chi connectivity index (χ1v) is 5.48. The summed E-state index contributed by atoms with van der Waals surface area (Å²) in [5, 5.41) is 11.3. The van der Waals surface area contributed by atoms with Crippen molar-refractivity contribution in [1.82, 2.24) is 0 Å². The minimum Gasteiger partial charge on any atom is -0.542 e. The van der Waals surface area contributed by atoms with Crippen LogP contribution < -0.4 is 10.4 Å². The molecule has 0 aromatic heterocycles. The van der Waals surface area contributed by atoms with E-state index in [1.807, 2.05) is 0 Å². The largest absolute Gasteiger partial charge is 0.542 e. The predicted octanol–water partition coefficient (Wildman–Crippen LogP) is -0.0450. The highest BCUT2D eigenvalue weighted by molar-refractivity contribution is 5.70. The van der Waals surface area contributed by atoms with Crippen LogP contribution in [0, 0.1) is 0 Å². The third kappa shape index (κ3) is 3.66. The highest BCUT2D eigenvalue weighted by Gasteiger charge is 2.41. The van der Waals surface area contributed by atoms with Gasteiger partial charge in [-0.15, -0.1) is 0 Å². The third-order valence-corrected chi connectivity index (χ3v) is 3.30. The lowest BCUT2D eigenvalue weighted by molar-refractivity contribution is -0.787. The van der Waals surface area contributed by atoms with Gasteiger partial charge in [0, 0.05) is 12.8 Å². The lowest BCUT2D eigenvalue weighted by atomic mass is 9.75. The van der Waals surface area contributed by atoms with Crippen LogP contribution in [0.3, 0.4) is 0 Å². The summed E-state index contributed by atoms with van der Waals surface area (Å²) in [5.74, 6) is -3.01. The summed E-state index contributed by atoms with van der Waals surface area (Å²) in [4.78, 5) is 8.78. The molecule has 0 unspecified atom stereocenters. The first-order chi connectivity index (χ1) is 7.36. The Morgan fingerprint density at radius 3 is 1.75 bits per heavy atom. The zero-order chi connectivity index (χ0) is 12.2. The van der Waals surface area contributed by atoms with Crippen molar-refractivity contribution in [1.29, 1.82) is 0 Å². The molecule has 16 heavy (non-hydrogen) atoms. The van der Waals surface area contributed by atoms with E-state index in [9.17, 15) is 13.2 Å². The number of nitrogens with two attached hydrogens (primary N) is 1. The third-order valence-electron chi connectivity index (χ3n) is 3.30. The molecule has 0 bridgehead atoms. The van der Waals surface area contributed by atoms with Gasteiger partial charge >= 0.3 is 6.18 Å². The maximum atomic E-state index is 10.5. The van der Waals surface area contributed by atoms with E-state index in [0.717, 1.165) is 5.54 Å². The van der Waals surface area contributed by atoms with Gasteiger partial charge in [-0.1, -0.05) is 6.42 Å². The van der Waals surface area contributed by atoms with Gasteiger partial charge in [-0.2, -0.15) is 13.2 Å². The fourth-order valence-electron chi connectivity index (χ4n) is 2.26. The molecule has 1 spiro atoms. The van der Waals surface area contributed by atoms with E-state index in [-0.39, 0.29) is 0 Å². The van der Waals surface area contributed by atoms with Crippen LogP contribution >= 0.6 is 0 Å². The zero-order valence-electron chi connectivity index (χ0n) is 8.98. The minimum atomic E-state index is -5.19. The molecule has 2 aliphatic rings. The van der Waals surface area contributed by atoms with E-state index in [2.05, 4.69) is 5.32 Å². The van der Waals surface area contributed by atoms with Gasteiger partial charge in [-0.05, 0) is 12.8 Å². The highest BCUT2D eigenvalue weighted by Crippen LogP contribution is 2.29. The molecule has 2 rings (SSSR count). The zero-order valence-corrected chi connectivity index (χ0v) is 8.98. The molecule has 0 amide bonds. The predicted molar refractivity (Wildman–Crippen MR) is 48.3 cm³/mol. The molecule has 1 aliphatic carbocycles. The fraction of sp³-hybridized carbons (Fsp3) is 0.900. The Morgan fingerprint density at radius 1 is 1.12 bits per heavy atom. The van der Waals surface area contributed by atoms with Gasteiger partial charge in [0.25, 0.3) is 0 Å². The van der Waals surface area contributed by atoms with Crippen LogP contribution in [-0.4, -0.2) is 24.2 Å². The molecule has 2 fully saturated rings. The van der Waals surface area contributed by atoms with Crippen molar-refractivity contribution in [2.24, 2.45) is 0 Å². The molecule has 6 heteroatoms. The summed E-state index contributed by atoms with van der Waals surface area (Å²) < 4.78 is 31.5. The number of rotatable bonds is 0. The van der Waals surface area contributed by atoms with Crippen LogP contribution in [0.4, 0.5) is 13.2 Å². The molecule has 94 valence electrons. The SMILES string of the molecule is C1CCC2(CC1)CC[NH2+]2.O=C([O-])C(F)(F)F. The summed E-state index contributed by atoms with van der Waals surface area (Å²) in [6.07, 6.45) is 3.82. The number of alkyl halides is 3. The Balaban J connectivity index is 0.000000168. The van der Waals surface area contributed by atoms with Crippen LogP contribution in [-0.2, 0) is 4.79 Å². The maximum Gasteiger partial charge on any atom is 0.430 e. The van der Waals surface area contributed by atoms with Gasteiger partial charge in [0.05, 0.1) is 13.0 Å². The number of hydrogen-bond acceptors (Lipinski definition) is 2. The summed E-state index contributed by atoms with van der Waals surface area (Å²) in [5.41, 5.74) is 0.776. The number of carbonyl (C=O) groups is 1. The second kappa shape index (κ2) is 5.03. The summed E-state index contributed by atoms with van der Waals surface area (Å²) >= 11 is 0. The van der Waals surface area contributed by atoms with Crippen LogP contribution in [0.1, 0.15) is 38.5 Å². The van der Waals surface area contributed by atoms with Gasteiger partial charge in [0.2, 0.25) is 0 Å². The van der Waals surface area contributed by atoms with E-state index in [0.29, 0.717) is 0 Å². The number of quaternary nitrogens is 1. The maximum absolute atomic E-state index is 10.5. The number of carboxylic acids is 1. The van der Waals surface area contributed by atoms with Crippen molar-refractivity contribution in [3.63, 3.8) is 0 Å². The molecule has 2 N–H and O–H groups in total. The lowest BCUT2D eigenvalue weighted by Crippen LogP contribution is -3.05. The topological polar surface area (TPSA) is 56.7 Å². The molecule has 0 radical (unpaired) electrons. The van der Waals surface area contributed by atoms with Crippen LogP contribution in [0.2, 0.25) is 0 Å². The second-order valence-electron chi connectivity index (χ2n) is 4.45. The molecule has 0 aromatic rings. The average Bonchev–Trinajstić information content (AvgIpc) is 2.16. The van der Waals surface area contributed by atoms with Crippen molar-refractivity contribution in [3.8, 4) is 0 Å². The van der Waals surface area contributed by atoms with Gasteiger partial charge in [-0.25, -0.2) is 0 Å². The van der Waals surface area contributed by atoms with Crippen molar-refractivity contribution in [2.75, 3.05) is 6.54 Å². The van der Waals surface area contributed by atoms with Gasteiger partial charge in [0.1, 0.15) is 11.5 Å². The molecular weight excluding hydrogens is 223 g/mol. The average molecular weight is 239 g/mol. The monoisotopic (exact) mass is 239 g/mol. The Labute approximate surface area is 92.0 Å². The standard InChI is InChI=1S/C8H15N.C2HF3O2/c1-2-4-8(5-3-1)6-7-9-8;3-2(4,5)1(6)7/h9H,1-7H2;(H,6,7). The van der Waals surface area contributed by atoms with E-state index in [1.165, 1.54) is 45.1 Å². The van der Waals surface area contributed by atoms with Crippen LogP contribution in [0.15, 0.2) is 0 Å². The summed E-state index contributed by atoms with van der Waals surface area (Å²) in [7, 11) is 0.